The summed E-state index contributed by atoms with van der Waals surface area (Å²) in [4.78, 5) is 25.1. The van der Waals surface area contributed by atoms with Crippen molar-refractivity contribution in [3.63, 3.8) is 0 Å². The van der Waals surface area contributed by atoms with Gasteiger partial charge in [0, 0.05) is 12.6 Å². The Bertz CT molecular complexity index is 546. The van der Waals surface area contributed by atoms with E-state index < -0.39 is 23.7 Å². The minimum Gasteiger partial charge on any atom is -0.497 e. The predicted octanol–water partition coefficient (Wildman–Crippen LogP) is 2.30. The summed E-state index contributed by atoms with van der Waals surface area (Å²) in [6, 6.07) is 3.06. The molecule has 1 atom stereocenters. The Morgan fingerprint density at radius 3 is 2.71 bits per heavy atom. The third kappa shape index (κ3) is 3.32. The van der Waals surface area contributed by atoms with E-state index in [0.29, 0.717) is 18.7 Å². The molecule has 2 rings (SSSR count). The highest BCUT2D eigenvalue weighted by Gasteiger charge is 2.32. The monoisotopic (exact) mass is 295 g/mol. The van der Waals surface area contributed by atoms with Crippen LogP contribution in [0.2, 0.25) is 0 Å². The molecule has 1 fully saturated rings. The number of carboxylic acid groups (broad SMARTS) is 1. The number of hydrogen-bond donors (Lipinski definition) is 1. The molecule has 1 unspecified atom stereocenters. The topological polar surface area (TPSA) is 66.8 Å². The molecule has 1 saturated heterocycles. The van der Waals surface area contributed by atoms with Crippen LogP contribution in [0.3, 0.4) is 0 Å². The van der Waals surface area contributed by atoms with E-state index in [-0.39, 0.29) is 5.56 Å². The average molecular weight is 295 g/mol. The molecule has 0 spiro atoms. The average Bonchev–Trinajstić information content (AvgIpc) is 2.72. The van der Waals surface area contributed by atoms with Gasteiger partial charge in [0.2, 0.25) is 0 Å². The van der Waals surface area contributed by atoms with Crippen LogP contribution in [-0.4, -0.2) is 41.6 Å². The molecular formula is C15H18FNO4. The number of carbonyl (C=O) groups is 2. The first-order valence-corrected chi connectivity index (χ1v) is 6.92. The number of benzene rings is 1. The lowest BCUT2D eigenvalue weighted by Gasteiger charge is -2.27. The first-order valence-electron chi connectivity index (χ1n) is 6.92. The van der Waals surface area contributed by atoms with Crippen molar-refractivity contribution < 1.29 is 23.8 Å². The van der Waals surface area contributed by atoms with Crippen LogP contribution in [0.5, 0.6) is 5.75 Å². The van der Waals surface area contributed by atoms with Gasteiger partial charge in [0.1, 0.15) is 17.6 Å². The third-order valence-electron chi connectivity index (χ3n) is 3.71. The van der Waals surface area contributed by atoms with Gasteiger partial charge in [-0.25, -0.2) is 9.18 Å². The van der Waals surface area contributed by atoms with Crippen LogP contribution in [0.15, 0.2) is 18.2 Å². The van der Waals surface area contributed by atoms with Gasteiger partial charge in [0.05, 0.1) is 12.7 Å². The summed E-state index contributed by atoms with van der Waals surface area (Å²) >= 11 is 0. The lowest BCUT2D eigenvalue weighted by molar-refractivity contribution is -0.142. The second-order valence-corrected chi connectivity index (χ2v) is 5.05. The summed E-state index contributed by atoms with van der Waals surface area (Å²) < 4.78 is 18.9. The molecule has 0 aliphatic carbocycles. The summed E-state index contributed by atoms with van der Waals surface area (Å²) in [5, 5.41) is 9.27. The van der Waals surface area contributed by atoms with Crippen LogP contribution in [0.25, 0.3) is 0 Å². The van der Waals surface area contributed by atoms with Crippen LogP contribution in [0.4, 0.5) is 4.39 Å². The van der Waals surface area contributed by atoms with Gasteiger partial charge in [-0.15, -0.1) is 0 Å². The minimum absolute atomic E-state index is 0.121. The molecule has 1 N–H and O–H groups in total. The van der Waals surface area contributed by atoms with E-state index >= 15 is 0 Å². The number of nitrogens with zero attached hydrogens (tertiary/aromatic N) is 1. The van der Waals surface area contributed by atoms with Gasteiger partial charge < -0.3 is 14.7 Å². The number of hydrogen-bond acceptors (Lipinski definition) is 3. The van der Waals surface area contributed by atoms with Crippen molar-refractivity contribution in [3.05, 3.63) is 29.6 Å². The SMILES string of the molecule is COc1ccc(C(=O)N2CCCCCC2C(=O)O)c(F)c1. The predicted molar refractivity (Wildman–Crippen MR) is 73.9 cm³/mol. The Hall–Kier alpha value is -2.11. The molecule has 1 aliphatic rings. The number of halogens is 1. The molecule has 1 heterocycles. The standard InChI is InChI=1S/C15H18FNO4/c1-21-10-6-7-11(12(16)9-10)14(18)17-8-4-2-3-5-13(17)15(19)20/h6-7,9,13H,2-5,8H2,1H3,(H,19,20). The molecule has 1 aliphatic heterocycles. The molecule has 0 bridgehead atoms. The van der Waals surface area contributed by atoms with Crippen LogP contribution >= 0.6 is 0 Å². The number of amides is 1. The number of aliphatic carboxylic acids is 1. The van der Waals surface area contributed by atoms with Crippen LogP contribution in [0.1, 0.15) is 36.0 Å². The summed E-state index contributed by atoms with van der Waals surface area (Å²) in [7, 11) is 1.41. The van der Waals surface area contributed by atoms with E-state index in [1.165, 1.54) is 24.1 Å². The third-order valence-corrected chi connectivity index (χ3v) is 3.71. The van der Waals surface area contributed by atoms with Crippen molar-refractivity contribution in [2.45, 2.75) is 31.7 Å². The molecule has 1 amide bonds. The lowest BCUT2D eigenvalue weighted by Crippen LogP contribution is -2.44. The van der Waals surface area contributed by atoms with Gasteiger partial charge in [-0.2, -0.15) is 0 Å². The second kappa shape index (κ2) is 6.56. The number of rotatable bonds is 3. The molecule has 1 aromatic carbocycles. The van der Waals surface area contributed by atoms with Crippen molar-refractivity contribution in [2.75, 3.05) is 13.7 Å². The van der Waals surface area contributed by atoms with Crippen molar-refractivity contribution in [2.24, 2.45) is 0 Å². The Kier molecular flexibility index (Phi) is 4.77. The lowest BCUT2D eigenvalue weighted by atomic mass is 10.1. The van der Waals surface area contributed by atoms with Gasteiger partial charge in [0.25, 0.3) is 5.91 Å². The number of carboxylic acids is 1. The number of methoxy groups -OCH3 is 1. The molecule has 0 saturated carbocycles. The second-order valence-electron chi connectivity index (χ2n) is 5.05. The summed E-state index contributed by atoms with van der Waals surface area (Å²) in [6.07, 6.45) is 2.76. The molecule has 114 valence electrons. The van der Waals surface area contributed by atoms with Crippen LogP contribution in [0, 0.1) is 5.82 Å². The molecule has 1 aromatic rings. The smallest absolute Gasteiger partial charge is 0.326 e. The molecule has 5 nitrogen and oxygen atoms in total. The van der Waals surface area contributed by atoms with Crippen molar-refractivity contribution >= 4 is 11.9 Å². The quantitative estimate of drug-likeness (QED) is 0.929. The molecule has 21 heavy (non-hydrogen) atoms. The fourth-order valence-corrected chi connectivity index (χ4v) is 2.56. The van der Waals surface area contributed by atoms with Crippen LogP contribution in [-0.2, 0) is 4.79 Å². The maximum absolute atomic E-state index is 14.0. The summed E-state index contributed by atoms with van der Waals surface area (Å²) in [6.45, 7) is 0.335. The summed E-state index contributed by atoms with van der Waals surface area (Å²) in [5.74, 6) is -2.01. The fraction of sp³-hybridized carbons (Fsp3) is 0.467. The van der Waals surface area contributed by atoms with Crippen LogP contribution < -0.4 is 4.74 Å². The van der Waals surface area contributed by atoms with Gasteiger partial charge in [-0.1, -0.05) is 12.8 Å². The maximum Gasteiger partial charge on any atom is 0.326 e. The van der Waals surface area contributed by atoms with E-state index in [1.54, 1.807) is 0 Å². The van der Waals surface area contributed by atoms with E-state index in [9.17, 15) is 19.1 Å². The number of carbonyl (C=O) groups excluding carboxylic acids is 1. The molecule has 6 heteroatoms. The largest absolute Gasteiger partial charge is 0.497 e. The van der Waals surface area contributed by atoms with Crippen molar-refractivity contribution in [1.82, 2.24) is 4.90 Å². The normalized spacial score (nSPS) is 19.0. The highest BCUT2D eigenvalue weighted by Crippen LogP contribution is 2.22. The van der Waals surface area contributed by atoms with E-state index in [2.05, 4.69) is 0 Å². The minimum atomic E-state index is -1.04. The highest BCUT2D eigenvalue weighted by molar-refractivity contribution is 5.97. The van der Waals surface area contributed by atoms with E-state index in [4.69, 9.17) is 4.74 Å². The Labute approximate surface area is 122 Å². The first-order chi connectivity index (χ1) is 10.0. The summed E-state index contributed by atoms with van der Waals surface area (Å²) in [5.41, 5.74) is -0.121. The van der Waals surface area contributed by atoms with E-state index in [0.717, 1.165) is 25.3 Å². The molecule has 0 radical (unpaired) electrons. The van der Waals surface area contributed by atoms with Crippen molar-refractivity contribution in [1.29, 1.82) is 0 Å². The number of ether oxygens (including phenoxy) is 1. The molecule has 0 aromatic heterocycles. The number of likely N-dealkylation sites (tertiary alicyclic amines) is 1. The molecular weight excluding hydrogens is 277 g/mol. The fourth-order valence-electron chi connectivity index (χ4n) is 2.56. The first kappa shape index (κ1) is 15.3. The van der Waals surface area contributed by atoms with Crippen molar-refractivity contribution in [3.8, 4) is 5.75 Å². The van der Waals surface area contributed by atoms with Gasteiger partial charge in [-0.3, -0.25) is 4.79 Å². The zero-order valence-corrected chi connectivity index (χ0v) is 11.8. The zero-order valence-electron chi connectivity index (χ0n) is 11.8. The van der Waals surface area contributed by atoms with E-state index in [1.807, 2.05) is 0 Å². The Balaban J connectivity index is 2.29. The Morgan fingerprint density at radius 2 is 2.10 bits per heavy atom. The zero-order chi connectivity index (χ0) is 15.4. The van der Waals surface area contributed by atoms with Gasteiger partial charge in [-0.05, 0) is 25.0 Å². The van der Waals surface area contributed by atoms with Gasteiger partial charge >= 0.3 is 5.97 Å². The maximum atomic E-state index is 14.0. The highest BCUT2D eigenvalue weighted by atomic mass is 19.1. The Morgan fingerprint density at radius 1 is 1.33 bits per heavy atom. The van der Waals surface area contributed by atoms with Gasteiger partial charge in [0.15, 0.2) is 0 Å².